The van der Waals surface area contributed by atoms with Gasteiger partial charge in [-0.2, -0.15) is 0 Å². The molecule has 0 atom stereocenters. The zero-order valence-electron chi connectivity index (χ0n) is 13.1. The number of benzene rings is 4. The first kappa shape index (κ1) is 13.3. The Balaban J connectivity index is 1.72. The molecule has 1 aromatic heterocycles. The van der Waals surface area contributed by atoms with Gasteiger partial charge in [0.25, 0.3) is 0 Å². The molecule has 0 saturated carbocycles. The van der Waals surface area contributed by atoms with Crippen molar-refractivity contribution in [2.24, 2.45) is 0 Å². The lowest BCUT2D eigenvalue weighted by Gasteiger charge is -2.08. The number of fused-ring (bicyclic) bond motifs is 4. The standard InChI is InChI=1S/C23H15N/c1-2-4-22-16(3-1)5-7-20-14-18(9-10-23(20)22)17-6-8-21-15-24-12-11-19(21)13-17/h1-15H. The minimum atomic E-state index is 1.17. The Morgan fingerprint density at radius 3 is 2.17 bits per heavy atom. The molecular weight excluding hydrogens is 290 g/mol. The molecule has 0 N–H and O–H groups in total. The highest BCUT2D eigenvalue weighted by atomic mass is 14.6. The van der Waals surface area contributed by atoms with Gasteiger partial charge in [0, 0.05) is 17.8 Å². The van der Waals surface area contributed by atoms with Crippen molar-refractivity contribution >= 4 is 32.3 Å². The van der Waals surface area contributed by atoms with Gasteiger partial charge in [0.1, 0.15) is 0 Å². The van der Waals surface area contributed by atoms with Crippen molar-refractivity contribution in [2.75, 3.05) is 0 Å². The van der Waals surface area contributed by atoms with E-state index in [-0.39, 0.29) is 0 Å². The Kier molecular flexibility index (Phi) is 2.86. The number of hydrogen-bond donors (Lipinski definition) is 0. The molecule has 0 unspecified atom stereocenters. The van der Waals surface area contributed by atoms with E-state index in [9.17, 15) is 0 Å². The van der Waals surface area contributed by atoms with Crippen molar-refractivity contribution in [3.8, 4) is 11.1 Å². The van der Waals surface area contributed by atoms with Crippen LogP contribution in [-0.4, -0.2) is 4.98 Å². The Hall–Kier alpha value is -3.19. The van der Waals surface area contributed by atoms with Gasteiger partial charge >= 0.3 is 0 Å². The molecule has 0 fully saturated rings. The second-order valence-corrected chi connectivity index (χ2v) is 6.16. The largest absolute Gasteiger partial charge is 0.264 e. The average Bonchev–Trinajstić information content (AvgIpc) is 2.67. The van der Waals surface area contributed by atoms with Crippen LogP contribution in [-0.2, 0) is 0 Å². The van der Waals surface area contributed by atoms with Crippen LogP contribution < -0.4 is 0 Å². The molecule has 4 aromatic carbocycles. The molecule has 24 heavy (non-hydrogen) atoms. The van der Waals surface area contributed by atoms with Gasteiger partial charge in [-0.25, -0.2) is 0 Å². The molecule has 0 aliphatic rings. The Bertz CT molecular complexity index is 1200. The van der Waals surface area contributed by atoms with Gasteiger partial charge in [-0.15, -0.1) is 0 Å². The first-order valence-corrected chi connectivity index (χ1v) is 8.14. The third-order valence-electron chi connectivity index (χ3n) is 4.72. The summed E-state index contributed by atoms with van der Waals surface area (Å²) in [5, 5.41) is 7.58. The van der Waals surface area contributed by atoms with Gasteiger partial charge in [-0.3, -0.25) is 4.98 Å². The van der Waals surface area contributed by atoms with Gasteiger partial charge in [-0.05, 0) is 56.3 Å². The fraction of sp³-hybridized carbons (Fsp3) is 0. The Morgan fingerprint density at radius 2 is 1.21 bits per heavy atom. The smallest absolute Gasteiger partial charge is 0.0346 e. The first-order valence-electron chi connectivity index (χ1n) is 8.14. The lowest BCUT2D eigenvalue weighted by atomic mass is 9.96. The van der Waals surface area contributed by atoms with E-state index in [4.69, 9.17) is 0 Å². The first-order chi connectivity index (χ1) is 11.9. The van der Waals surface area contributed by atoms with Crippen molar-refractivity contribution in [1.82, 2.24) is 4.98 Å². The quantitative estimate of drug-likeness (QED) is 0.336. The normalized spacial score (nSPS) is 11.3. The highest BCUT2D eigenvalue weighted by molar-refractivity contribution is 6.08. The fourth-order valence-corrected chi connectivity index (χ4v) is 3.46. The second kappa shape index (κ2) is 5.17. The summed E-state index contributed by atoms with van der Waals surface area (Å²) in [6, 6.07) is 28.3. The van der Waals surface area contributed by atoms with Crippen molar-refractivity contribution in [3.63, 3.8) is 0 Å². The molecule has 1 heteroatoms. The topological polar surface area (TPSA) is 12.9 Å². The Labute approximate surface area is 140 Å². The van der Waals surface area contributed by atoms with E-state index < -0.39 is 0 Å². The predicted octanol–water partition coefficient (Wildman–Crippen LogP) is 6.21. The van der Waals surface area contributed by atoms with E-state index in [0.717, 1.165) is 0 Å². The third-order valence-corrected chi connectivity index (χ3v) is 4.72. The number of aromatic nitrogens is 1. The van der Waals surface area contributed by atoms with Gasteiger partial charge in [-0.1, -0.05) is 60.7 Å². The summed E-state index contributed by atoms with van der Waals surface area (Å²) in [5.41, 5.74) is 2.49. The summed E-state index contributed by atoms with van der Waals surface area (Å²) < 4.78 is 0. The van der Waals surface area contributed by atoms with Crippen LogP contribution in [0.3, 0.4) is 0 Å². The Morgan fingerprint density at radius 1 is 0.500 bits per heavy atom. The molecule has 0 aliphatic carbocycles. The van der Waals surface area contributed by atoms with E-state index in [1.807, 2.05) is 12.4 Å². The maximum Gasteiger partial charge on any atom is 0.0346 e. The van der Waals surface area contributed by atoms with E-state index >= 15 is 0 Å². The van der Waals surface area contributed by atoms with Crippen LogP contribution in [0.1, 0.15) is 0 Å². The van der Waals surface area contributed by atoms with Crippen molar-refractivity contribution in [1.29, 1.82) is 0 Å². The lowest BCUT2D eigenvalue weighted by molar-refractivity contribution is 1.36. The van der Waals surface area contributed by atoms with Crippen molar-refractivity contribution < 1.29 is 0 Å². The van der Waals surface area contributed by atoms with Gasteiger partial charge in [0.05, 0.1) is 0 Å². The molecule has 0 radical (unpaired) electrons. The molecule has 1 nitrogen and oxygen atoms in total. The van der Waals surface area contributed by atoms with Crippen molar-refractivity contribution in [2.45, 2.75) is 0 Å². The predicted molar refractivity (Wildman–Crippen MR) is 102 cm³/mol. The molecule has 1 heterocycles. The maximum absolute atomic E-state index is 4.19. The van der Waals surface area contributed by atoms with Crippen LogP contribution in [0.2, 0.25) is 0 Å². The molecule has 112 valence electrons. The zero-order chi connectivity index (χ0) is 15.9. The van der Waals surface area contributed by atoms with Gasteiger partial charge < -0.3 is 0 Å². The molecule has 5 rings (SSSR count). The summed E-state index contributed by atoms with van der Waals surface area (Å²) in [6.45, 7) is 0. The molecule has 5 aromatic rings. The summed E-state index contributed by atoms with van der Waals surface area (Å²) in [6.07, 6.45) is 3.75. The second-order valence-electron chi connectivity index (χ2n) is 6.16. The number of nitrogens with zero attached hydrogens (tertiary/aromatic N) is 1. The van der Waals surface area contributed by atoms with E-state index in [1.165, 1.54) is 43.4 Å². The van der Waals surface area contributed by atoms with Gasteiger partial charge in [0.15, 0.2) is 0 Å². The molecule has 0 aliphatic heterocycles. The van der Waals surface area contributed by atoms with Crippen molar-refractivity contribution in [3.05, 3.63) is 91.3 Å². The molecule has 0 bridgehead atoms. The highest BCUT2D eigenvalue weighted by Gasteiger charge is 2.04. The van der Waals surface area contributed by atoms with Crippen LogP contribution in [0.15, 0.2) is 91.3 Å². The molecule has 0 spiro atoms. The average molecular weight is 305 g/mol. The van der Waals surface area contributed by atoms with E-state index in [2.05, 4.69) is 83.8 Å². The summed E-state index contributed by atoms with van der Waals surface area (Å²) in [7, 11) is 0. The van der Waals surface area contributed by atoms with Crippen LogP contribution in [0.25, 0.3) is 43.4 Å². The summed E-state index contributed by atoms with van der Waals surface area (Å²) in [5.74, 6) is 0. The lowest BCUT2D eigenvalue weighted by Crippen LogP contribution is -1.82. The fourth-order valence-electron chi connectivity index (χ4n) is 3.46. The number of pyridine rings is 1. The van der Waals surface area contributed by atoms with Crippen LogP contribution in [0.5, 0.6) is 0 Å². The monoisotopic (exact) mass is 305 g/mol. The van der Waals surface area contributed by atoms with Crippen LogP contribution >= 0.6 is 0 Å². The van der Waals surface area contributed by atoms with Crippen LogP contribution in [0.4, 0.5) is 0 Å². The summed E-state index contributed by atoms with van der Waals surface area (Å²) >= 11 is 0. The third kappa shape index (κ3) is 2.06. The maximum atomic E-state index is 4.19. The molecule has 0 amide bonds. The summed E-state index contributed by atoms with van der Waals surface area (Å²) in [4.78, 5) is 4.19. The zero-order valence-corrected chi connectivity index (χ0v) is 13.1. The van der Waals surface area contributed by atoms with E-state index in [0.29, 0.717) is 0 Å². The van der Waals surface area contributed by atoms with Gasteiger partial charge in [0.2, 0.25) is 0 Å². The van der Waals surface area contributed by atoms with Crippen LogP contribution in [0, 0.1) is 0 Å². The van der Waals surface area contributed by atoms with E-state index in [1.54, 1.807) is 0 Å². The molecular formula is C23H15N. The minimum absolute atomic E-state index is 1.17. The minimum Gasteiger partial charge on any atom is -0.264 e. The SMILES string of the molecule is c1ccc2c(c1)ccc1cc(-c3ccc4cnccc4c3)ccc12. The highest BCUT2D eigenvalue weighted by Crippen LogP contribution is 2.30. The molecule has 0 saturated heterocycles. The number of rotatable bonds is 1. The number of hydrogen-bond acceptors (Lipinski definition) is 1.